The first-order valence-electron chi connectivity index (χ1n) is 5.91. The van der Waals surface area contributed by atoms with Gasteiger partial charge in [0.15, 0.2) is 0 Å². The number of rotatable bonds is 3. The van der Waals surface area contributed by atoms with Crippen molar-refractivity contribution in [2.24, 2.45) is 11.1 Å². The van der Waals surface area contributed by atoms with Crippen molar-refractivity contribution in [3.63, 3.8) is 0 Å². The molecule has 1 aromatic carbocycles. The fourth-order valence-corrected chi connectivity index (χ4v) is 2.36. The minimum absolute atomic E-state index is 0.229. The van der Waals surface area contributed by atoms with Gasteiger partial charge in [-0.25, -0.2) is 0 Å². The number of hydrogen-bond acceptors (Lipinski definition) is 1. The van der Waals surface area contributed by atoms with E-state index < -0.39 is 0 Å². The van der Waals surface area contributed by atoms with Crippen LogP contribution < -0.4 is 5.73 Å². The third kappa shape index (κ3) is 2.40. The Hall–Kier alpha value is -0.820. The zero-order valence-electron chi connectivity index (χ0n) is 9.84. The lowest BCUT2D eigenvalue weighted by Gasteiger charge is -2.22. The number of aryl methyl sites for hydroxylation is 2. The smallest absolute Gasteiger partial charge is 0.00226 e. The molecule has 0 spiro atoms. The largest absolute Gasteiger partial charge is 0.330 e. The first kappa shape index (κ1) is 10.7. The molecule has 0 aromatic heterocycles. The molecule has 0 unspecified atom stereocenters. The molecule has 82 valence electrons. The van der Waals surface area contributed by atoms with Gasteiger partial charge in [-0.05, 0) is 54.3 Å². The Labute approximate surface area is 92.7 Å². The second-order valence-corrected chi connectivity index (χ2v) is 5.50. The molecule has 1 aromatic rings. The standard InChI is InChI=1S/C14H21N/c1-14(2,10-15)9-11-6-7-12-4-3-5-13(12)8-11/h6-8H,3-5,9-10,15H2,1-2H3. The van der Waals surface area contributed by atoms with Crippen molar-refractivity contribution in [2.75, 3.05) is 6.54 Å². The van der Waals surface area contributed by atoms with E-state index in [-0.39, 0.29) is 5.41 Å². The van der Waals surface area contributed by atoms with Crippen LogP contribution in [0.4, 0.5) is 0 Å². The van der Waals surface area contributed by atoms with E-state index in [0.717, 1.165) is 13.0 Å². The van der Waals surface area contributed by atoms with Crippen molar-refractivity contribution in [3.05, 3.63) is 34.9 Å². The van der Waals surface area contributed by atoms with Crippen LogP contribution in [0.2, 0.25) is 0 Å². The van der Waals surface area contributed by atoms with Gasteiger partial charge in [-0.2, -0.15) is 0 Å². The van der Waals surface area contributed by atoms with E-state index in [1.165, 1.54) is 24.8 Å². The fourth-order valence-electron chi connectivity index (χ4n) is 2.36. The molecule has 0 fully saturated rings. The van der Waals surface area contributed by atoms with Crippen LogP contribution in [-0.2, 0) is 19.3 Å². The topological polar surface area (TPSA) is 26.0 Å². The van der Waals surface area contributed by atoms with E-state index >= 15 is 0 Å². The van der Waals surface area contributed by atoms with Crippen molar-refractivity contribution in [1.82, 2.24) is 0 Å². The van der Waals surface area contributed by atoms with Gasteiger partial charge in [-0.15, -0.1) is 0 Å². The molecule has 0 aliphatic heterocycles. The Balaban J connectivity index is 2.17. The highest BCUT2D eigenvalue weighted by Crippen LogP contribution is 2.26. The van der Waals surface area contributed by atoms with Crippen molar-refractivity contribution in [2.45, 2.75) is 39.5 Å². The van der Waals surface area contributed by atoms with Crippen LogP contribution >= 0.6 is 0 Å². The summed E-state index contributed by atoms with van der Waals surface area (Å²) in [6.07, 6.45) is 4.97. The summed E-state index contributed by atoms with van der Waals surface area (Å²) in [5.74, 6) is 0. The van der Waals surface area contributed by atoms with E-state index in [0.29, 0.717) is 0 Å². The monoisotopic (exact) mass is 203 g/mol. The second kappa shape index (κ2) is 3.97. The van der Waals surface area contributed by atoms with Crippen LogP contribution in [-0.4, -0.2) is 6.54 Å². The molecule has 0 heterocycles. The Morgan fingerprint density at radius 2 is 1.93 bits per heavy atom. The lowest BCUT2D eigenvalue weighted by molar-refractivity contribution is 0.376. The molecule has 0 bridgehead atoms. The number of hydrogen-bond donors (Lipinski definition) is 1. The van der Waals surface area contributed by atoms with Gasteiger partial charge in [-0.1, -0.05) is 32.0 Å². The summed E-state index contributed by atoms with van der Waals surface area (Å²) < 4.78 is 0. The van der Waals surface area contributed by atoms with Crippen LogP contribution in [0.1, 0.15) is 37.0 Å². The van der Waals surface area contributed by atoms with Crippen LogP contribution in [0.15, 0.2) is 18.2 Å². The van der Waals surface area contributed by atoms with Crippen molar-refractivity contribution < 1.29 is 0 Å². The molecule has 0 atom stereocenters. The van der Waals surface area contributed by atoms with E-state index in [2.05, 4.69) is 32.0 Å². The molecule has 1 aliphatic carbocycles. The summed E-state index contributed by atoms with van der Waals surface area (Å²) in [7, 11) is 0. The van der Waals surface area contributed by atoms with Crippen LogP contribution in [0, 0.1) is 5.41 Å². The van der Waals surface area contributed by atoms with Crippen LogP contribution in [0.3, 0.4) is 0 Å². The average Bonchev–Trinajstić information content (AvgIpc) is 2.64. The number of benzene rings is 1. The lowest BCUT2D eigenvalue weighted by atomic mass is 9.85. The highest BCUT2D eigenvalue weighted by Gasteiger charge is 2.18. The molecular formula is C14H21N. The number of nitrogens with two attached hydrogens (primary N) is 1. The zero-order valence-corrected chi connectivity index (χ0v) is 9.84. The summed E-state index contributed by atoms with van der Waals surface area (Å²) in [6.45, 7) is 5.23. The summed E-state index contributed by atoms with van der Waals surface area (Å²) >= 11 is 0. The maximum absolute atomic E-state index is 5.77. The molecule has 0 saturated heterocycles. The van der Waals surface area contributed by atoms with E-state index in [1.807, 2.05) is 0 Å². The molecule has 0 amide bonds. The fraction of sp³-hybridized carbons (Fsp3) is 0.571. The Morgan fingerprint density at radius 1 is 1.20 bits per heavy atom. The van der Waals surface area contributed by atoms with Crippen LogP contribution in [0.25, 0.3) is 0 Å². The molecule has 2 N–H and O–H groups in total. The summed E-state index contributed by atoms with van der Waals surface area (Å²) in [5.41, 5.74) is 10.6. The van der Waals surface area contributed by atoms with Crippen molar-refractivity contribution in [3.8, 4) is 0 Å². The van der Waals surface area contributed by atoms with Gasteiger partial charge >= 0.3 is 0 Å². The molecule has 1 aliphatic rings. The minimum Gasteiger partial charge on any atom is -0.330 e. The maximum atomic E-state index is 5.77. The van der Waals surface area contributed by atoms with Gasteiger partial charge in [0.2, 0.25) is 0 Å². The highest BCUT2D eigenvalue weighted by molar-refractivity contribution is 5.35. The van der Waals surface area contributed by atoms with E-state index in [4.69, 9.17) is 5.73 Å². The predicted molar refractivity (Wildman–Crippen MR) is 65.0 cm³/mol. The van der Waals surface area contributed by atoms with E-state index in [1.54, 1.807) is 11.1 Å². The summed E-state index contributed by atoms with van der Waals surface area (Å²) in [6, 6.07) is 6.98. The Kier molecular flexibility index (Phi) is 2.83. The SMILES string of the molecule is CC(C)(CN)Cc1ccc2c(c1)CCC2. The van der Waals surface area contributed by atoms with Gasteiger partial charge in [0.05, 0.1) is 0 Å². The van der Waals surface area contributed by atoms with Gasteiger partial charge < -0.3 is 5.73 Å². The van der Waals surface area contributed by atoms with Gasteiger partial charge in [-0.3, -0.25) is 0 Å². The molecular weight excluding hydrogens is 182 g/mol. The molecule has 1 heteroatoms. The Bertz CT molecular complexity index is 352. The summed E-state index contributed by atoms with van der Waals surface area (Å²) in [4.78, 5) is 0. The third-order valence-corrected chi connectivity index (χ3v) is 3.40. The van der Waals surface area contributed by atoms with Crippen molar-refractivity contribution >= 4 is 0 Å². The van der Waals surface area contributed by atoms with Gasteiger partial charge in [0.1, 0.15) is 0 Å². The lowest BCUT2D eigenvalue weighted by Crippen LogP contribution is -2.25. The summed E-state index contributed by atoms with van der Waals surface area (Å²) in [5, 5.41) is 0. The zero-order chi connectivity index (χ0) is 10.9. The first-order valence-corrected chi connectivity index (χ1v) is 5.91. The first-order chi connectivity index (χ1) is 7.11. The van der Waals surface area contributed by atoms with E-state index in [9.17, 15) is 0 Å². The quantitative estimate of drug-likeness (QED) is 0.803. The number of fused-ring (bicyclic) bond motifs is 1. The van der Waals surface area contributed by atoms with Crippen molar-refractivity contribution in [1.29, 1.82) is 0 Å². The molecule has 0 radical (unpaired) electrons. The highest BCUT2D eigenvalue weighted by atomic mass is 14.6. The molecule has 1 nitrogen and oxygen atoms in total. The third-order valence-electron chi connectivity index (χ3n) is 3.40. The maximum Gasteiger partial charge on any atom is -0.00226 e. The Morgan fingerprint density at radius 3 is 2.67 bits per heavy atom. The molecule has 15 heavy (non-hydrogen) atoms. The average molecular weight is 203 g/mol. The molecule has 0 saturated carbocycles. The van der Waals surface area contributed by atoms with Crippen LogP contribution in [0.5, 0.6) is 0 Å². The predicted octanol–water partition coefficient (Wildman–Crippen LogP) is 2.70. The minimum atomic E-state index is 0.229. The second-order valence-electron chi connectivity index (χ2n) is 5.50. The molecule has 2 rings (SSSR count). The van der Waals surface area contributed by atoms with Gasteiger partial charge in [0.25, 0.3) is 0 Å². The normalized spacial score (nSPS) is 15.4. The van der Waals surface area contributed by atoms with Gasteiger partial charge in [0, 0.05) is 0 Å².